The first-order valence-corrected chi connectivity index (χ1v) is 9.53. The number of carboxylic acids is 1. The lowest BCUT2D eigenvalue weighted by atomic mass is 10.0. The molecule has 0 aliphatic heterocycles. The zero-order valence-corrected chi connectivity index (χ0v) is 16.5. The monoisotopic (exact) mass is 378 g/mol. The van der Waals surface area contributed by atoms with Crippen LogP contribution in [-0.2, 0) is 0 Å². The minimum atomic E-state index is -0.994. The number of likely N-dealkylation sites (N-methyl/N-ethyl adjacent to an activating group) is 1. The maximum Gasteiger partial charge on any atom is 0.337 e. The molecule has 0 aliphatic carbocycles. The van der Waals surface area contributed by atoms with Gasteiger partial charge in [0.2, 0.25) is 0 Å². The molecule has 28 heavy (non-hydrogen) atoms. The van der Waals surface area contributed by atoms with Crippen molar-refractivity contribution in [3.8, 4) is 0 Å². The average Bonchev–Trinajstić information content (AvgIpc) is 2.71. The second-order valence-electron chi connectivity index (χ2n) is 7.02. The molecule has 0 bridgehead atoms. The van der Waals surface area contributed by atoms with Gasteiger partial charge in [-0.2, -0.15) is 0 Å². The second kappa shape index (κ2) is 8.80. The van der Waals surface area contributed by atoms with Crippen molar-refractivity contribution < 1.29 is 9.90 Å². The minimum Gasteiger partial charge on any atom is -0.478 e. The van der Waals surface area contributed by atoms with Crippen LogP contribution in [0.25, 0.3) is 10.9 Å². The molecule has 0 radical (unpaired) electrons. The van der Waals surface area contributed by atoms with Gasteiger partial charge in [-0.1, -0.05) is 43.3 Å². The summed E-state index contributed by atoms with van der Waals surface area (Å²) in [5, 5.41) is 13.7. The Labute approximate surface area is 165 Å². The highest BCUT2D eigenvalue weighted by Crippen LogP contribution is 2.27. The van der Waals surface area contributed by atoms with Gasteiger partial charge in [0.15, 0.2) is 0 Å². The Kier molecular flexibility index (Phi) is 6.21. The van der Waals surface area contributed by atoms with E-state index in [2.05, 4.69) is 53.1 Å². The summed E-state index contributed by atoms with van der Waals surface area (Å²) in [4.78, 5) is 22.6. The first-order chi connectivity index (χ1) is 13.5. The molecule has 6 heteroatoms. The predicted molar refractivity (Wildman–Crippen MR) is 112 cm³/mol. The summed E-state index contributed by atoms with van der Waals surface area (Å²) >= 11 is 0. The highest BCUT2D eigenvalue weighted by Gasteiger charge is 2.20. The van der Waals surface area contributed by atoms with Gasteiger partial charge in [0.05, 0.1) is 17.1 Å². The lowest BCUT2D eigenvalue weighted by Gasteiger charge is -2.31. The average molecular weight is 378 g/mol. The SMILES string of the molecule is CCN(C[C@@H](Nc1ncnc2c(C(=O)O)cccc12)c1ccccc1)C(C)C. The highest BCUT2D eigenvalue weighted by molar-refractivity contribution is 6.04. The van der Waals surface area contributed by atoms with E-state index in [1.54, 1.807) is 12.1 Å². The number of nitrogens with zero attached hydrogens (tertiary/aromatic N) is 3. The van der Waals surface area contributed by atoms with Gasteiger partial charge < -0.3 is 10.4 Å². The zero-order chi connectivity index (χ0) is 20.1. The van der Waals surface area contributed by atoms with Gasteiger partial charge in [0, 0.05) is 18.0 Å². The van der Waals surface area contributed by atoms with E-state index in [0.29, 0.717) is 22.8 Å². The number of hydrogen-bond donors (Lipinski definition) is 2. The first kappa shape index (κ1) is 19.8. The van der Waals surface area contributed by atoms with Crippen molar-refractivity contribution in [2.24, 2.45) is 0 Å². The largest absolute Gasteiger partial charge is 0.478 e. The molecular formula is C22H26N4O2. The van der Waals surface area contributed by atoms with Crippen LogP contribution in [0, 0.1) is 0 Å². The van der Waals surface area contributed by atoms with Gasteiger partial charge >= 0.3 is 5.97 Å². The Hall–Kier alpha value is -2.99. The van der Waals surface area contributed by atoms with Gasteiger partial charge in [-0.05, 0) is 38.1 Å². The Morgan fingerprint density at radius 1 is 1.11 bits per heavy atom. The van der Waals surface area contributed by atoms with E-state index >= 15 is 0 Å². The van der Waals surface area contributed by atoms with Crippen molar-refractivity contribution in [1.82, 2.24) is 14.9 Å². The molecule has 2 aromatic carbocycles. The fourth-order valence-corrected chi connectivity index (χ4v) is 3.40. The summed E-state index contributed by atoms with van der Waals surface area (Å²) in [6, 6.07) is 15.8. The van der Waals surface area contributed by atoms with Crippen molar-refractivity contribution in [2.45, 2.75) is 32.9 Å². The van der Waals surface area contributed by atoms with Crippen molar-refractivity contribution in [2.75, 3.05) is 18.4 Å². The minimum absolute atomic E-state index is 0.00938. The van der Waals surface area contributed by atoms with Crippen LogP contribution in [0.1, 0.15) is 42.7 Å². The van der Waals surface area contributed by atoms with E-state index in [1.165, 1.54) is 6.33 Å². The summed E-state index contributed by atoms with van der Waals surface area (Å²) in [6.07, 6.45) is 1.42. The van der Waals surface area contributed by atoms with Gasteiger partial charge in [-0.15, -0.1) is 0 Å². The van der Waals surface area contributed by atoms with E-state index in [0.717, 1.165) is 18.7 Å². The van der Waals surface area contributed by atoms with Gasteiger partial charge in [-0.3, -0.25) is 4.90 Å². The number of aromatic carboxylic acids is 1. The van der Waals surface area contributed by atoms with Crippen LogP contribution < -0.4 is 5.32 Å². The summed E-state index contributed by atoms with van der Waals surface area (Å²) in [6.45, 7) is 8.27. The van der Waals surface area contributed by atoms with Crippen LogP contribution in [0.15, 0.2) is 54.9 Å². The molecule has 2 N–H and O–H groups in total. The van der Waals surface area contributed by atoms with Crippen LogP contribution in [0.5, 0.6) is 0 Å². The van der Waals surface area contributed by atoms with E-state index in [9.17, 15) is 9.90 Å². The molecule has 6 nitrogen and oxygen atoms in total. The highest BCUT2D eigenvalue weighted by atomic mass is 16.4. The Morgan fingerprint density at radius 2 is 1.86 bits per heavy atom. The van der Waals surface area contributed by atoms with Crippen LogP contribution >= 0.6 is 0 Å². The summed E-state index contributed by atoms with van der Waals surface area (Å²) in [5.41, 5.74) is 1.77. The molecule has 1 aromatic heterocycles. The third-order valence-electron chi connectivity index (χ3n) is 4.96. The maximum absolute atomic E-state index is 11.5. The lowest BCUT2D eigenvalue weighted by Crippen LogP contribution is -2.36. The Morgan fingerprint density at radius 3 is 2.50 bits per heavy atom. The molecule has 1 heterocycles. The van der Waals surface area contributed by atoms with E-state index in [1.807, 2.05) is 24.3 Å². The van der Waals surface area contributed by atoms with Gasteiger partial charge in [0.1, 0.15) is 12.1 Å². The summed E-state index contributed by atoms with van der Waals surface area (Å²) < 4.78 is 0. The smallest absolute Gasteiger partial charge is 0.337 e. The number of nitrogens with one attached hydrogen (secondary N) is 1. The standard InChI is InChI=1S/C22H26N4O2/c1-4-26(15(2)3)13-19(16-9-6-5-7-10-16)25-21-17-11-8-12-18(22(27)28)20(17)23-14-24-21/h5-12,14-15,19H,4,13H2,1-3H3,(H,27,28)(H,23,24,25)/t19-/m1/s1. The molecule has 146 valence electrons. The number of fused-ring (bicyclic) bond motifs is 1. The molecule has 3 rings (SSSR count). The van der Waals surface area contributed by atoms with Crippen LogP contribution in [-0.4, -0.2) is 45.1 Å². The molecule has 0 amide bonds. The number of aromatic nitrogens is 2. The Bertz CT molecular complexity index is 944. The van der Waals surface area contributed by atoms with Crippen LogP contribution in [0.4, 0.5) is 5.82 Å². The molecular weight excluding hydrogens is 352 g/mol. The zero-order valence-electron chi connectivity index (χ0n) is 16.5. The van der Waals surface area contributed by atoms with Gasteiger partial charge in [-0.25, -0.2) is 14.8 Å². The fraction of sp³-hybridized carbons (Fsp3) is 0.318. The maximum atomic E-state index is 11.5. The third-order valence-corrected chi connectivity index (χ3v) is 4.96. The summed E-state index contributed by atoms with van der Waals surface area (Å²) in [5.74, 6) is -0.353. The molecule has 0 fully saturated rings. The number of carboxylic acid groups (broad SMARTS) is 1. The van der Waals surface area contributed by atoms with Crippen molar-refractivity contribution in [3.05, 3.63) is 66.0 Å². The quantitative estimate of drug-likeness (QED) is 0.611. The molecule has 0 saturated carbocycles. The topological polar surface area (TPSA) is 78.3 Å². The van der Waals surface area contributed by atoms with E-state index in [-0.39, 0.29) is 11.6 Å². The van der Waals surface area contributed by atoms with E-state index < -0.39 is 5.97 Å². The summed E-state index contributed by atoms with van der Waals surface area (Å²) in [7, 11) is 0. The van der Waals surface area contributed by atoms with Crippen LogP contribution in [0.2, 0.25) is 0 Å². The Balaban J connectivity index is 2.01. The molecule has 1 atom stereocenters. The molecule has 0 spiro atoms. The lowest BCUT2D eigenvalue weighted by molar-refractivity contribution is 0.0699. The molecule has 0 unspecified atom stereocenters. The van der Waals surface area contributed by atoms with Crippen molar-refractivity contribution >= 4 is 22.7 Å². The number of hydrogen-bond acceptors (Lipinski definition) is 5. The number of para-hydroxylation sites is 1. The fourth-order valence-electron chi connectivity index (χ4n) is 3.40. The van der Waals surface area contributed by atoms with Gasteiger partial charge in [0.25, 0.3) is 0 Å². The normalized spacial score (nSPS) is 12.5. The third kappa shape index (κ3) is 4.28. The molecule has 0 saturated heterocycles. The molecule has 3 aromatic rings. The molecule has 0 aliphatic rings. The predicted octanol–water partition coefficient (Wildman–Crippen LogP) is 4.21. The number of rotatable bonds is 8. The second-order valence-corrected chi connectivity index (χ2v) is 7.02. The van der Waals surface area contributed by atoms with Crippen molar-refractivity contribution in [1.29, 1.82) is 0 Å². The number of anilines is 1. The van der Waals surface area contributed by atoms with Crippen molar-refractivity contribution in [3.63, 3.8) is 0 Å². The van der Waals surface area contributed by atoms with E-state index in [4.69, 9.17) is 0 Å². The number of carbonyl (C=O) groups is 1. The first-order valence-electron chi connectivity index (χ1n) is 9.53. The van der Waals surface area contributed by atoms with Crippen LogP contribution in [0.3, 0.4) is 0 Å². The number of benzene rings is 2.